The molecule has 1 aromatic carbocycles. The van der Waals surface area contributed by atoms with Crippen LogP contribution >= 0.6 is 0 Å². The molecular weight excluding hydrogens is 298 g/mol. The minimum absolute atomic E-state index is 0.119. The lowest BCUT2D eigenvalue weighted by molar-refractivity contribution is -0.385. The highest BCUT2D eigenvalue weighted by atomic mass is 19.3. The topological polar surface area (TPSA) is 111 Å². The summed E-state index contributed by atoms with van der Waals surface area (Å²) >= 11 is 0. The van der Waals surface area contributed by atoms with Gasteiger partial charge in [-0.05, 0) is 12.1 Å². The number of amides is 1. The van der Waals surface area contributed by atoms with Crippen molar-refractivity contribution in [3.8, 4) is 0 Å². The Hall–Kier alpha value is -3.10. The number of nitro groups is 1. The van der Waals surface area contributed by atoms with Crippen LogP contribution < -0.4 is 11.1 Å². The molecule has 0 aliphatic rings. The molecule has 0 aliphatic heterocycles. The third-order valence-corrected chi connectivity index (χ3v) is 2.76. The van der Waals surface area contributed by atoms with Crippen molar-refractivity contribution in [1.82, 2.24) is 4.98 Å². The van der Waals surface area contributed by atoms with Crippen molar-refractivity contribution < 1.29 is 18.5 Å². The van der Waals surface area contributed by atoms with Crippen molar-refractivity contribution in [2.75, 3.05) is 11.1 Å². The number of pyridine rings is 1. The minimum Gasteiger partial charge on any atom is -0.383 e. The van der Waals surface area contributed by atoms with Crippen LogP contribution in [-0.2, 0) is 0 Å². The number of nitrogens with zero attached hydrogens (tertiary/aromatic N) is 2. The molecule has 0 saturated carbocycles. The molecule has 0 bridgehead atoms. The van der Waals surface area contributed by atoms with E-state index in [4.69, 9.17) is 5.73 Å². The van der Waals surface area contributed by atoms with Gasteiger partial charge < -0.3 is 11.1 Å². The first-order chi connectivity index (χ1) is 10.4. The fourth-order valence-electron chi connectivity index (χ4n) is 1.70. The van der Waals surface area contributed by atoms with Gasteiger partial charge in [-0.15, -0.1) is 0 Å². The highest BCUT2D eigenvalue weighted by Crippen LogP contribution is 2.23. The second-order valence-corrected chi connectivity index (χ2v) is 4.26. The van der Waals surface area contributed by atoms with Crippen molar-refractivity contribution in [3.05, 3.63) is 57.8 Å². The second kappa shape index (κ2) is 6.12. The summed E-state index contributed by atoms with van der Waals surface area (Å²) in [6.45, 7) is 0. The Labute approximate surface area is 122 Å². The van der Waals surface area contributed by atoms with Crippen molar-refractivity contribution in [3.63, 3.8) is 0 Å². The lowest BCUT2D eigenvalue weighted by Crippen LogP contribution is -2.15. The van der Waals surface area contributed by atoms with Gasteiger partial charge in [0.15, 0.2) is 0 Å². The smallest absolute Gasteiger partial charge is 0.288 e. The van der Waals surface area contributed by atoms with Gasteiger partial charge in [0.2, 0.25) is 0 Å². The van der Waals surface area contributed by atoms with Crippen LogP contribution in [0.3, 0.4) is 0 Å². The van der Waals surface area contributed by atoms with Crippen LogP contribution in [0.1, 0.15) is 22.3 Å². The van der Waals surface area contributed by atoms with Gasteiger partial charge >= 0.3 is 0 Å². The molecule has 9 heteroatoms. The molecule has 0 radical (unpaired) electrons. The Kier molecular flexibility index (Phi) is 4.25. The number of carbonyl (C=O) groups excluding carboxylic acids is 1. The molecule has 1 aromatic heterocycles. The van der Waals surface area contributed by atoms with E-state index >= 15 is 0 Å². The van der Waals surface area contributed by atoms with Gasteiger partial charge in [-0.3, -0.25) is 14.9 Å². The summed E-state index contributed by atoms with van der Waals surface area (Å²) in [6, 6.07) is 6.04. The van der Waals surface area contributed by atoms with Gasteiger partial charge in [0.25, 0.3) is 18.0 Å². The third kappa shape index (κ3) is 3.32. The fraction of sp³-hybridized carbons (Fsp3) is 0.0769. The normalized spacial score (nSPS) is 10.5. The number of hydrogen-bond acceptors (Lipinski definition) is 5. The number of nitrogens with one attached hydrogen (secondary N) is 1. The summed E-state index contributed by atoms with van der Waals surface area (Å²) in [4.78, 5) is 25.6. The molecule has 3 N–H and O–H groups in total. The zero-order valence-electron chi connectivity index (χ0n) is 11.0. The van der Waals surface area contributed by atoms with Gasteiger partial charge in [-0.2, -0.15) is 0 Å². The summed E-state index contributed by atoms with van der Waals surface area (Å²) in [7, 11) is 0. The zero-order valence-corrected chi connectivity index (χ0v) is 11.0. The quantitative estimate of drug-likeness (QED) is 0.666. The average Bonchev–Trinajstić information content (AvgIpc) is 2.47. The zero-order chi connectivity index (χ0) is 16.3. The molecule has 0 spiro atoms. The van der Waals surface area contributed by atoms with E-state index in [1.807, 2.05) is 0 Å². The number of nitrogens with two attached hydrogens (primary N) is 1. The number of nitrogen functional groups attached to an aromatic ring is 1. The van der Waals surface area contributed by atoms with Crippen LogP contribution in [0.2, 0.25) is 0 Å². The van der Waals surface area contributed by atoms with Crippen LogP contribution in [0.4, 0.5) is 26.0 Å². The molecule has 114 valence electrons. The molecule has 1 amide bonds. The Morgan fingerprint density at radius 3 is 2.73 bits per heavy atom. The average molecular weight is 308 g/mol. The molecule has 22 heavy (non-hydrogen) atoms. The molecule has 2 aromatic rings. The van der Waals surface area contributed by atoms with Gasteiger partial charge in [0.1, 0.15) is 12.0 Å². The molecule has 0 unspecified atom stereocenters. The molecule has 0 saturated heterocycles. The first-order valence-electron chi connectivity index (χ1n) is 5.98. The van der Waals surface area contributed by atoms with Crippen LogP contribution in [-0.4, -0.2) is 15.8 Å². The van der Waals surface area contributed by atoms with Crippen LogP contribution in [0.5, 0.6) is 0 Å². The second-order valence-electron chi connectivity index (χ2n) is 4.26. The fourth-order valence-corrected chi connectivity index (χ4v) is 1.70. The lowest BCUT2D eigenvalue weighted by atomic mass is 10.2. The van der Waals surface area contributed by atoms with Gasteiger partial charge in [-0.25, -0.2) is 13.8 Å². The van der Waals surface area contributed by atoms with Gasteiger partial charge in [0.05, 0.1) is 10.5 Å². The highest BCUT2D eigenvalue weighted by molar-refractivity contribution is 6.07. The van der Waals surface area contributed by atoms with E-state index in [0.717, 1.165) is 18.3 Å². The monoisotopic (exact) mass is 308 g/mol. The first-order valence-corrected chi connectivity index (χ1v) is 5.98. The maximum absolute atomic E-state index is 12.6. The Bertz CT molecular complexity index is 737. The van der Waals surface area contributed by atoms with Crippen molar-refractivity contribution in [2.24, 2.45) is 0 Å². The number of anilines is 2. The maximum atomic E-state index is 12.6. The van der Waals surface area contributed by atoms with Gasteiger partial charge in [0, 0.05) is 17.3 Å². The summed E-state index contributed by atoms with van der Waals surface area (Å²) in [5, 5.41) is 13.0. The first kappa shape index (κ1) is 15.3. The molecular formula is C13H10F2N4O3. The predicted molar refractivity (Wildman–Crippen MR) is 74.7 cm³/mol. The van der Waals surface area contributed by atoms with E-state index in [9.17, 15) is 23.7 Å². The van der Waals surface area contributed by atoms with E-state index in [-0.39, 0.29) is 22.6 Å². The molecule has 0 fully saturated rings. The minimum atomic E-state index is -2.68. The van der Waals surface area contributed by atoms with Crippen molar-refractivity contribution in [2.45, 2.75) is 6.43 Å². The molecule has 0 atom stereocenters. The molecule has 0 aliphatic carbocycles. The highest BCUT2D eigenvalue weighted by Gasteiger charge is 2.17. The number of aromatic nitrogens is 1. The standard InChI is InChI=1S/C13H10F2N4O3/c14-11(15)7-2-1-3-8(4-7)18-13(20)10-5-9(19(21)22)6-17-12(10)16/h1-6,11H,(H2,16,17)(H,18,20). The van der Waals surface area contributed by atoms with E-state index in [1.54, 1.807) is 0 Å². The van der Waals surface area contributed by atoms with E-state index < -0.39 is 22.9 Å². The van der Waals surface area contributed by atoms with Crippen LogP contribution in [0, 0.1) is 10.1 Å². The maximum Gasteiger partial charge on any atom is 0.288 e. The molecule has 1 heterocycles. The van der Waals surface area contributed by atoms with E-state index in [1.165, 1.54) is 18.2 Å². The van der Waals surface area contributed by atoms with Crippen molar-refractivity contribution in [1.29, 1.82) is 0 Å². The Balaban J connectivity index is 2.27. The summed E-state index contributed by atoms with van der Waals surface area (Å²) in [6.07, 6.45) is -1.76. The largest absolute Gasteiger partial charge is 0.383 e. The van der Waals surface area contributed by atoms with Crippen molar-refractivity contribution >= 4 is 23.1 Å². The summed E-state index contributed by atoms with van der Waals surface area (Å²) in [5.41, 5.74) is 4.75. The third-order valence-electron chi connectivity index (χ3n) is 2.76. The SMILES string of the molecule is Nc1ncc([N+](=O)[O-])cc1C(=O)Nc1cccc(C(F)F)c1. The predicted octanol–water partition coefficient (Wildman–Crippen LogP) is 2.76. The Morgan fingerprint density at radius 2 is 2.09 bits per heavy atom. The van der Waals surface area contributed by atoms with Crippen LogP contribution in [0.25, 0.3) is 0 Å². The summed E-state index contributed by atoms with van der Waals surface area (Å²) < 4.78 is 25.2. The lowest BCUT2D eigenvalue weighted by Gasteiger charge is -2.08. The number of rotatable bonds is 4. The van der Waals surface area contributed by atoms with Crippen LogP contribution in [0.15, 0.2) is 36.5 Å². The van der Waals surface area contributed by atoms with E-state index in [0.29, 0.717) is 0 Å². The summed E-state index contributed by atoms with van der Waals surface area (Å²) in [5.74, 6) is -0.978. The van der Waals surface area contributed by atoms with Gasteiger partial charge in [-0.1, -0.05) is 12.1 Å². The Morgan fingerprint density at radius 1 is 1.36 bits per heavy atom. The number of benzene rings is 1. The number of halogens is 2. The van der Waals surface area contributed by atoms with E-state index in [2.05, 4.69) is 10.3 Å². The number of hydrogen-bond donors (Lipinski definition) is 2. The molecule has 2 rings (SSSR count). The number of carbonyl (C=O) groups is 1. The molecule has 7 nitrogen and oxygen atoms in total. The number of alkyl halides is 2.